The molecule has 1 aliphatic carbocycles. The zero-order chi connectivity index (χ0) is 14.1. The molecule has 1 atom stereocenters. The molecule has 0 radical (unpaired) electrons. The van der Waals surface area contributed by atoms with E-state index in [0.717, 1.165) is 17.9 Å². The van der Waals surface area contributed by atoms with E-state index in [2.05, 4.69) is 41.6 Å². The highest BCUT2D eigenvalue weighted by molar-refractivity contribution is 5.81. The molecule has 0 saturated heterocycles. The third-order valence-corrected chi connectivity index (χ3v) is 4.89. The molecule has 2 N–H and O–H groups in total. The molecule has 3 nitrogen and oxygen atoms in total. The number of para-hydroxylation sites is 1. The molecule has 1 unspecified atom stereocenters. The van der Waals surface area contributed by atoms with Crippen LogP contribution in [-0.4, -0.2) is 9.55 Å². The fourth-order valence-electron chi connectivity index (χ4n) is 3.87. The molecule has 0 aliphatic heterocycles. The summed E-state index contributed by atoms with van der Waals surface area (Å²) in [4.78, 5) is 4.62. The van der Waals surface area contributed by atoms with Gasteiger partial charge in [0.25, 0.3) is 0 Å². The van der Waals surface area contributed by atoms with Crippen molar-refractivity contribution >= 4 is 17.0 Å². The van der Waals surface area contributed by atoms with Gasteiger partial charge < -0.3 is 10.3 Å². The van der Waals surface area contributed by atoms with Gasteiger partial charge in [-0.15, -0.1) is 0 Å². The van der Waals surface area contributed by atoms with Crippen LogP contribution in [0.1, 0.15) is 57.1 Å². The SMILES string of the molecule is CCC(C1CCCCC1)n1c(N)nc2c(C)cccc21. The van der Waals surface area contributed by atoms with Gasteiger partial charge in [0.2, 0.25) is 5.95 Å². The van der Waals surface area contributed by atoms with Crippen molar-refractivity contribution in [3.8, 4) is 0 Å². The third kappa shape index (κ3) is 2.19. The van der Waals surface area contributed by atoms with E-state index in [4.69, 9.17) is 5.73 Å². The number of imidazole rings is 1. The lowest BCUT2D eigenvalue weighted by Gasteiger charge is -2.31. The summed E-state index contributed by atoms with van der Waals surface area (Å²) in [5, 5.41) is 0. The number of aromatic nitrogens is 2. The van der Waals surface area contributed by atoms with E-state index in [0.29, 0.717) is 12.0 Å². The largest absolute Gasteiger partial charge is 0.369 e. The van der Waals surface area contributed by atoms with E-state index in [1.165, 1.54) is 43.2 Å². The second kappa shape index (κ2) is 5.47. The first-order chi connectivity index (χ1) is 9.72. The van der Waals surface area contributed by atoms with Crippen molar-refractivity contribution in [2.45, 2.75) is 58.4 Å². The van der Waals surface area contributed by atoms with Gasteiger partial charge in [-0.05, 0) is 43.7 Å². The first-order valence-electron chi connectivity index (χ1n) is 7.95. The monoisotopic (exact) mass is 271 g/mol. The average molecular weight is 271 g/mol. The number of nitrogens with zero attached hydrogens (tertiary/aromatic N) is 2. The first-order valence-corrected chi connectivity index (χ1v) is 7.95. The van der Waals surface area contributed by atoms with Crippen molar-refractivity contribution < 1.29 is 0 Å². The van der Waals surface area contributed by atoms with E-state index in [-0.39, 0.29) is 0 Å². The zero-order valence-electron chi connectivity index (χ0n) is 12.6. The summed E-state index contributed by atoms with van der Waals surface area (Å²) >= 11 is 0. The number of hydrogen-bond acceptors (Lipinski definition) is 2. The number of benzene rings is 1. The van der Waals surface area contributed by atoms with Crippen molar-refractivity contribution in [3.05, 3.63) is 23.8 Å². The van der Waals surface area contributed by atoms with Crippen LogP contribution in [0.25, 0.3) is 11.0 Å². The molecule has 1 aromatic carbocycles. The Morgan fingerprint density at radius 3 is 2.75 bits per heavy atom. The summed E-state index contributed by atoms with van der Waals surface area (Å²) in [5.74, 6) is 1.45. The normalized spacial score (nSPS) is 18.5. The van der Waals surface area contributed by atoms with Gasteiger partial charge in [-0.25, -0.2) is 4.98 Å². The topological polar surface area (TPSA) is 43.8 Å². The van der Waals surface area contributed by atoms with Crippen molar-refractivity contribution in [3.63, 3.8) is 0 Å². The molecule has 108 valence electrons. The number of hydrogen-bond donors (Lipinski definition) is 1. The molecule has 1 aliphatic rings. The predicted octanol–water partition coefficient (Wildman–Crippen LogP) is 4.46. The minimum Gasteiger partial charge on any atom is -0.369 e. The van der Waals surface area contributed by atoms with Crippen LogP contribution in [0.2, 0.25) is 0 Å². The molecule has 0 bridgehead atoms. The Balaban J connectivity index is 2.06. The summed E-state index contributed by atoms with van der Waals surface area (Å²) in [6, 6.07) is 6.89. The van der Waals surface area contributed by atoms with Gasteiger partial charge in [0.15, 0.2) is 0 Å². The molecule has 20 heavy (non-hydrogen) atoms. The lowest BCUT2D eigenvalue weighted by Crippen LogP contribution is -2.22. The Kier molecular flexibility index (Phi) is 3.68. The smallest absolute Gasteiger partial charge is 0.201 e. The summed E-state index contributed by atoms with van der Waals surface area (Å²) in [7, 11) is 0. The van der Waals surface area contributed by atoms with E-state index in [9.17, 15) is 0 Å². The molecule has 3 heteroatoms. The van der Waals surface area contributed by atoms with Crippen LogP contribution in [0.3, 0.4) is 0 Å². The van der Waals surface area contributed by atoms with Gasteiger partial charge >= 0.3 is 0 Å². The van der Waals surface area contributed by atoms with Crippen LogP contribution < -0.4 is 5.73 Å². The van der Waals surface area contributed by atoms with Crippen molar-refractivity contribution in [1.29, 1.82) is 0 Å². The van der Waals surface area contributed by atoms with Crippen LogP contribution in [0, 0.1) is 12.8 Å². The number of nitrogens with two attached hydrogens (primary N) is 1. The number of fused-ring (bicyclic) bond motifs is 1. The average Bonchev–Trinajstić information content (AvgIpc) is 2.80. The zero-order valence-corrected chi connectivity index (χ0v) is 12.6. The number of aryl methyl sites for hydroxylation is 1. The van der Waals surface area contributed by atoms with Gasteiger partial charge in [-0.1, -0.05) is 38.3 Å². The van der Waals surface area contributed by atoms with E-state index < -0.39 is 0 Å². The Labute approximate surface area is 121 Å². The Bertz CT molecular complexity index is 594. The molecule has 1 saturated carbocycles. The highest BCUT2D eigenvalue weighted by Gasteiger charge is 2.26. The summed E-state index contributed by atoms with van der Waals surface area (Å²) in [6.45, 7) is 4.39. The molecule has 1 fully saturated rings. The van der Waals surface area contributed by atoms with Gasteiger partial charge in [-0.2, -0.15) is 0 Å². The highest BCUT2D eigenvalue weighted by atomic mass is 15.2. The van der Waals surface area contributed by atoms with E-state index >= 15 is 0 Å². The maximum atomic E-state index is 6.26. The Morgan fingerprint density at radius 2 is 2.05 bits per heavy atom. The highest BCUT2D eigenvalue weighted by Crippen LogP contribution is 2.38. The predicted molar refractivity (Wildman–Crippen MR) is 84.8 cm³/mol. The van der Waals surface area contributed by atoms with Crippen LogP contribution in [0.4, 0.5) is 5.95 Å². The van der Waals surface area contributed by atoms with Crippen molar-refractivity contribution in [2.24, 2.45) is 5.92 Å². The van der Waals surface area contributed by atoms with Gasteiger partial charge in [0, 0.05) is 6.04 Å². The van der Waals surface area contributed by atoms with E-state index in [1.807, 2.05) is 0 Å². The molecular formula is C17H25N3. The Morgan fingerprint density at radius 1 is 1.30 bits per heavy atom. The third-order valence-electron chi connectivity index (χ3n) is 4.89. The molecule has 1 aromatic heterocycles. The molecule has 2 aromatic rings. The lowest BCUT2D eigenvalue weighted by atomic mass is 9.82. The summed E-state index contributed by atoms with van der Waals surface area (Å²) < 4.78 is 2.30. The summed E-state index contributed by atoms with van der Waals surface area (Å²) in [6.07, 6.45) is 7.94. The Hall–Kier alpha value is -1.51. The van der Waals surface area contributed by atoms with Gasteiger partial charge in [-0.3, -0.25) is 0 Å². The molecule has 3 rings (SSSR count). The van der Waals surface area contributed by atoms with Crippen LogP contribution in [-0.2, 0) is 0 Å². The number of anilines is 1. The minimum absolute atomic E-state index is 0.502. The minimum atomic E-state index is 0.502. The first kappa shape index (κ1) is 13.5. The fourth-order valence-corrected chi connectivity index (χ4v) is 3.87. The van der Waals surface area contributed by atoms with Gasteiger partial charge in [0.05, 0.1) is 11.0 Å². The standard InChI is InChI=1S/C17H25N3/c1-3-14(13-9-5-4-6-10-13)20-15-11-7-8-12(2)16(15)19-17(20)18/h7-8,11,13-14H,3-6,9-10H2,1-2H3,(H2,18,19). The molecular weight excluding hydrogens is 246 g/mol. The second-order valence-corrected chi connectivity index (χ2v) is 6.16. The van der Waals surface area contributed by atoms with E-state index in [1.54, 1.807) is 0 Å². The fraction of sp³-hybridized carbons (Fsp3) is 0.588. The maximum Gasteiger partial charge on any atom is 0.201 e. The molecule has 0 spiro atoms. The molecule has 0 amide bonds. The second-order valence-electron chi connectivity index (χ2n) is 6.16. The maximum absolute atomic E-state index is 6.26. The number of nitrogen functional groups attached to an aromatic ring is 1. The summed E-state index contributed by atoms with van der Waals surface area (Å²) in [5.41, 5.74) is 9.75. The van der Waals surface area contributed by atoms with Crippen molar-refractivity contribution in [2.75, 3.05) is 5.73 Å². The molecule has 1 heterocycles. The van der Waals surface area contributed by atoms with Crippen LogP contribution >= 0.6 is 0 Å². The van der Waals surface area contributed by atoms with Crippen molar-refractivity contribution in [1.82, 2.24) is 9.55 Å². The number of rotatable bonds is 3. The van der Waals surface area contributed by atoms with Crippen LogP contribution in [0.5, 0.6) is 0 Å². The quantitative estimate of drug-likeness (QED) is 0.895. The van der Waals surface area contributed by atoms with Gasteiger partial charge in [0.1, 0.15) is 0 Å². The van der Waals surface area contributed by atoms with Crippen LogP contribution in [0.15, 0.2) is 18.2 Å². The lowest BCUT2D eigenvalue weighted by molar-refractivity contribution is 0.249.